The summed E-state index contributed by atoms with van der Waals surface area (Å²) in [4.78, 5) is 20.1. The molecule has 0 aliphatic carbocycles. The molecule has 98 valence electrons. The summed E-state index contributed by atoms with van der Waals surface area (Å²) in [5, 5.41) is 2.80. The van der Waals surface area contributed by atoms with Crippen molar-refractivity contribution in [2.75, 3.05) is 16.8 Å². The monoisotopic (exact) mass is 393 g/mol. The van der Waals surface area contributed by atoms with Crippen molar-refractivity contribution in [2.24, 2.45) is 5.92 Å². The van der Waals surface area contributed by atoms with Crippen LogP contribution < -0.4 is 5.32 Å². The second kappa shape index (κ2) is 6.86. The summed E-state index contributed by atoms with van der Waals surface area (Å²) >= 11 is 8.47. The van der Waals surface area contributed by atoms with Crippen LogP contribution in [0.3, 0.4) is 0 Å². The van der Waals surface area contributed by atoms with Crippen LogP contribution in [0.25, 0.3) is 0 Å². The maximum atomic E-state index is 11.9. The molecule has 1 aromatic heterocycles. The number of hydrogen-bond acceptors (Lipinski definition) is 4. The highest BCUT2D eigenvalue weighted by atomic mass is 79.9. The first kappa shape index (κ1) is 14.3. The van der Waals surface area contributed by atoms with Crippen LogP contribution in [0.15, 0.2) is 15.4 Å². The molecule has 0 aromatic carbocycles. The largest absolute Gasteiger partial charge is 0.308 e. The molecule has 0 saturated carbocycles. The number of carbonyl (C=O) groups is 1. The molecule has 18 heavy (non-hydrogen) atoms. The third kappa shape index (κ3) is 4.20. The average Bonchev–Trinajstić information content (AvgIpc) is 2.34. The van der Waals surface area contributed by atoms with E-state index in [1.807, 2.05) is 11.8 Å². The smallest absolute Gasteiger partial charge is 0.225 e. The molecule has 1 amide bonds. The molecular weight excluding hydrogens is 382 g/mol. The van der Waals surface area contributed by atoms with Gasteiger partial charge in [0.2, 0.25) is 5.91 Å². The molecule has 4 nitrogen and oxygen atoms in total. The van der Waals surface area contributed by atoms with Gasteiger partial charge in [0.1, 0.15) is 9.21 Å². The molecule has 1 aliphatic heterocycles. The van der Waals surface area contributed by atoms with Crippen LogP contribution in [-0.2, 0) is 4.79 Å². The minimum atomic E-state index is 0.0178. The van der Waals surface area contributed by atoms with Gasteiger partial charge in [-0.05, 0) is 62.1 Å². The van der Waals surface area contributed by atoms with Crippen molar-refractivity contribution in [1.82, 2.24) is 9.97 Å². The van der Waals surface area contributed by atoms with Gasteiger partial charge in [0.15, 0.2) is 5.82 Å². The minimum Gasteiger partial charge on any atom is -0.308 e. The fraction of sp³-hybridized carbons (Fsp3) is 0.545. The lowest BCUT2D eigenvalue weighted by molar-refractivity contribution is -0.117. The van der Waals surface area contributed by atoms with Gasteiger partial charge < -0.3 is 5.32 Å². The number of rotatable bonds is 3. The van der Waals surface area contributed by atoms with Crippen molar-refractivity contribution in [3.63, 3.8) is 0 Å². The highest BCUT2D eigenvalue weighted by molar-refractivity contribution is 9.11. The van der Waals surface area contributed by atoms with E-state index in [1.54, 1.807) is 6.20 Å². The first-order valence-corrected chi connectivity index (χ1v) is 8.45. The number of halogens is 2. The fourth-order valence-electron chi connectivity index (χ4n) is 1.83. The zero-order chi connectivity index (χ0) is 13.0. The Balaban J connectivity index is 1.90. The highest BCUT2D eigenvalue weighted by Gasteiger charge is 2.18. The molecular formula is C11H13Br2N3OS. The van der Waals surface area contributed by atoms with Crippen molar-refractivity contribution in [3.8, 4) is 0 Å². The second-order valence-corrected chi connectivity index (χ2v) is 6.93. The minimum absolute atomic E-state index is 0.0178. The van der Waals surface area contributed by atoms with Crippen molar-refractivity contribution in [2.45, 2.75) is 19.3 Å². The molecule has 1 saturated heterocycles. The summed E-state index contributed by atoms with van der Waals surface area (Å²) in [6, 6.07) is 0. The van der Waals surface area contributed by atoms with Crippen molar-refractivity contribution >= 4 is 55.3 Å². The quantitative estimate of drug-likeness (QED) is 0.852. The Morgan fingerprint density at radius 1 is 1.44 bits per heavy atom. The second-order valence-electron chi connectivity index (χ2n) is 4.14. The number of nitrogens with zero attached hydrogens (tertiary/aromatic N) is 2. The zero-order valence-electron chi connectivity index (χ0n) is 9.66. The number of thioether (sulfide) groups is 1. The van der Waals surface area contributed by atoms with Gasteiger partial charge in [-0.25, -0.2) is 9.97 Å². The van der Waals surface area contributed by atoms with Gasteiger partial charge in [-0.2, -0.15) is 11.8 Å². The molecule has 7 heteroatoms. The van der Waals surface area contributed by atoms with E-state index < -0.39 is 0 Å². The van der Waals surface area contributed by atoms with E-state index in [1.165, 1.54) is 11.5 Å². The van der Waals surface area contributed by atoms with E-state index in [4.69, 9.17) is 0 Å². The van der Waals surface area contributed by atoms with Crippen molar-refractivity contribution < 1.29 is 4.79 Å². The van der Waals surface area contributed by atoms with Crippen LogP contribution in [-0.4, -0.2) is 27.4 Å². The average molecular weight is 395 g/mol. The first-order chi connectivity index (χ1) is 8.65. The lowest BCUT2D eigenvalue weighted by Crippen LogP contribution is -2.20. The summed E-state index contributed by atoms with van der Waals surface area (Å²) < 4.78 is 1.18. The third-order valence-electron chi connectivity index (χ3n) is 2.77. The topological polar surface area (TPSA) is 54.9 Å². The standard InChI is InChI=1S/C11H13Br2N3OS/c12-8-6-14-11(10(13)15-8)16-9(17)5-7-1-3-18-4-2-7/h6-7H,1-5H2,(H,14,16,17). The number of amides is 1. The zero-order valence-corrected chi connectivity index (χ0v) is 13.6. The Labute approximate surface area is 127 Å². The molecule has 2 heterocycles. The number of carbonyl (C=O) groups excluding carboxylic acids is 1. The van der Waals surface area contributed by atoms with Gasteiger partial charge in [-0.1, -0.05) is 0 Å². The SMILES string of the molecule is O=C(CC1CCSCC1)Nc1ncc(Br)nc1Br. The lowest BCUT2D eigenvalue weighted by atomic mass is 9.98. The summed E-state index contributed by atoms with van der Waals surface area (Å²) in [5.74, 6) is 3.34. The van der Waals surface area contributed by atoms with Crippen LogP contribution >= 0.6 is 43.6 Å². The Kier molecular flexibility index (Phi) is 5.44. The molecule has 2 rings (SSSR count). The summed E-state index contributed by atoms with van der Waals surface area (Å²) in [7, 11) is 0. The van der Waals surface area contributed by atoms with E-state index in [0.717, 1.165) is 12.8 Å². The first-order valence-electron chi connectivity index (χ1n) is 5.71. The van der Waals surface area contributed by atoms with Gasteiger partial charge in [0, 0.05) is 6.42 Å². The van der Waals surface area contributed by atoms with Crippen LogP contribution in [0.4, 0.5) is 5.82 Å². The van der Waals surface area contributed by atoms with E-state index in [0.29, 0.717) is 27.4 Å². The summed E-state index contributed by atoms with van der Waals surface area (Å²) in [6.07, 6.45) is 4.40. The highest BCUT2D eigenvalue weighted by Crippen LogP contribution is 2.26. The van der Waals surface area contributed by atoms with Crippen LogP contribution in [0.2, 0.25) is 0 Å². The van der Waals surface area contributed by atoms with E-state index in [-0.39, 0.29) is 5.91 Å². The Hall–Kier alpha value is -0.140. The number of nitrogens with one attached hydrogen (secondary N) is 1. The van der Waals surface area contributed by atoms with Gasteiger partial charge in [0.05, 0.1) is 6.20 Å². The maximum absolute atomic E-state index is 11.9. The Bertz CT molecular complexity index is 438. The molecule has 0 unspecified atom stereocenters. The van der Waals surface area contributed by atoms with Gasteiger partial charge in [0.25, 0.3) is 0 Å². The molecule has 1 aromatic rings. The summed E-state index contributed by atoms with van der Waals surface area (Å²) in [6.45, 7) is 0. The maximum Gasteiger partial charge on any atom is 0.225 e. The molecule has 0 atom stereocenters. The summed E-state index contributed by atoms with van der Waals surface area (Å²) in [5.41, 5.74) is 0. The molecule has 0 bridgehead atoms. The van der Waals surface area contributed by atoms with Crippen LogP contribution in [0, 0.1) is 5.92 Å². The van der Waals surface area contributed by atoms with E-state index in [2.05, 4.69) is 47.1 Å². The predicted octanol–water partition coefficient (Wildman–Crippen LogP) is 3.47. The molecule has 1 aliphatic rings. The molecule has 1 N–H and O–H groups in total. The number of anilines is 1. The normalized spacial score (nSPS) is 16.6. The molecule has 0 radical (unpaired) electrons. The van der Waals surface area contributed by atoms with Crippen molar-refractivity contribution in [3.05, 3.63) is 15.4 Å². The van der Waals surface area contributed by atoms with Gasteiger partial charge in [-0.3, -0.25) is 4.79 Å². The van der Waals surface area contributed by atoms with E-state index >= 15 is 0 Å². The Morgan fingerprint density at radius 2 is 2.17 bits per heavy atom. The van der Waals surface area contributed by atoms with Gasteiger partial charge >= 0.3 is 0 Å². The van der Waals surface area contributed by atoms with Crippen molar-refractivity contribution in [1.29, 1.82) is 0 Å². The lowest BCUT2D eigenvalue weighted by Gasteiger charge is -2.20. The van der Waals surface area contributed by atoms with E-state index in [9.17, 15) is 4.79 Å². The number of aromatic nitrogens is 2. The van der Waals surface area contributed by atoms with Gasteiger partial charge in [-0.15, -0.1) is 0 Å². The molecule has 0 spiro atoms. The predicted molar refractivity (Wildman–Crippen MR) is 80.7 cm³/mol. The molecule has 1 fully saturated rings. The fourth-order valence-corrected chi connectivity index (χ4v) is 3.94. The van der Waals surface area contributed by atoms with Crippen LogP contribution in [0.5, 0.6) is 0 Å². The van der Waals surface area contributed by atoms with Crippen LogP contribution in [0.1, 0.15) is 19.3 Å². The number of hydrogen-bond donors (Lipinski definition) is 1. The third-order valence-corrected chi connectivity index (χ3v) is 4.76. The Morgan fingerprint density at radius 3 is 2.83 bits per heavy atom.